The normalized spacial score (nSPS) is 18.0. The highest BCUT2D eigenvalue weighted by Gasteiger charge is 2.28. The maximum absolute atomic E-state index is 2.34. The van der Waals surface area contributed by atoms with E-state index in [-0.39, 0.29) is 0 Å². The first-order valence-electron chi connectivity index (χ1n) is 4.71. The third-order valence-electron chi connectivity index (χ3n) is 2.17. The zero-order chi connectivity index (χ0) is 9.19. The number of fused-ring (bicyclic) bond motifs is 1. The summed E-state index contributed by atoms with van der Waals surface area (Å²) >= 11 is 1.84. The second kappa shape index (κ2) is 3.61. The highest BCUT2D eigenvalue weighted by molar-refractivity contribution is 7.08. The smallest absolute Gasteiger partial charge is 0.00582 e. The van der Waals surface area contributed by atoms with Crippen molar-refractivity contribution in [2.45, 2.75) is 40.5 Å². The molecule has 0 spiro atoms. The van der Waals surface area contributed by atoms with E-state index in [1.807, 2.05) is 25.2 Å². The lowest BCUT2D eigenvalue weighted by molar-refractivity contribution is 0.392. The van der Waals surface area contributed by atoms with Crippen molar-refractivity contribution in [1.29, 1.82) is 0 Å². The van der Waals surface area contributed by atoms with Gasteiger partial charge in [-0.2, -0.15) is 11.3 Å². The third kappa shape index (κ3) is 1.89. The van der Waals surface area contributed by atoms with Gasteiger partial charge in [0.15, 0.2) is 0 Å². The predicted molar refractivity (Wildman–Crippen MR) is 56.9 cm³/mol. The lowest BCUT2D eigenvalue weighted by atomic mass is 9.90. The summed E-state index contributed by atoms with van der Waals surface area (Å²) in [7, 11) is 0. The summed E-state index contributed by atoms with van der Waals surface area (Å²) in [4.78, 5) is 0. The molecule has 0 saturated carbocycles. The Hall–Kier alpha value is -0.300. The molecule has 0 N–H and O–H groups in total. The van der Waals surface area contributed by atoms with Crippen LogP contribution in [-0.4, -0.2) is 0 Å². The molecule has 2 rings (SSSR count). The molecule has 1 aromatic rings. The van der Waals surface area contributed by atoms with Crippen LogP contribution in [0.25, 0.3) is 0 Å². The number of hydrogen-bond donors (Lipinski definition) is 0. The van der Waals surface area contributed by atoms with E-state index in [0.717, 1.165) is 0 Å². The van der Waals surface area contributed by atoms with Gasteiger partial charge in [-0.25, -0.2) is 0 Å². The van der Waals surface area contributed by atoms with E-state index < -0.39 is 0 Å². The molecule has 0 fully saturated rings. The molecule has 0 radical (unpaired) electrons. The average molecular weight is 182 g/mol. The number of rotatable bonds is 0. The molecule has 0 unspecified atom stereocenters. The predicted octanol–water partition coefficient (Wildman–Crippen LogP) is 3.90. The highest BCUT2D eigenvalue weighted by Crippen LogP contribution is 2.37. The Morgan fingerprint density at radius 2 is 1.50 bits per heavy atom. The molecule has 1 aliphatic rings. The van der Waals surface area contributed by atoms with E-state index >= 15 is 0 Å². The first-order valence-corrected chi connectivity index (χ1v) is 5.66. The maximum atomic E-state index is 2.34. The summed E-state index contributed by atoms with van der Waals surface area (Å²) in [6, 6.07) is 0. The Balaban J connectivity index is 0.000000336. The Morgan fingerprint density at radius 1 is 1.08 bits per heavy atom. The fraction of sp³-hybridized carbons (Fsp3) is 0.636. The van der Waals surface area contributed by atoms with Gasteiger partial charge >= 0.3 is 0 Å². The van der Waals surface area contributed by atoms with E-state index in [9.17, 15) is 0 Å². The first kappa shape index (κ1) is 9.79. The lowest BCUT2D eigenvalue weighted by Crippen LogP contribution is -2.09. The van der Waals surface area contributed by atoms with Crippen molar-refractivity contribution in [3.8, 4) is 0 Å². The fourth-order valence-corrected chi connectivity index (χ4v) is 2.62. The molecular weight excluding hydrogens is 164 g/mol. The molecule has 0 bridgehead atoms. The molecule has 0 aromatic carbocycles. The Labute approximate surface area is 79.6 Å². The van der Waals surface area contributed by atoms with Crippen molar-refractivity contribution in [1.82, 2.24) is 0 Å². The lowest BCUT2D eigenvalue weighted by Gasteiger charge is -2.15. The topological polar surface area (TPSA) is 0 Å². The van der Waals surface area contributed by atoms with E-state index in [4.69, 9.17) is 0 Å². The summed E-state index contributed by atoms with van der Waals surface area (Å²) in [5.74, 6) is 0. The molecule has 0 aliphatic heterocycles. The van der Waals surface area contributed by atoms with Crippen LogP contribution in [0.5, 0.6) is 0 Å². The summed E-state index contributed by atoms with van der Waals surface area (Å²) in [5.41, 5.74) is 3.73. The molecule has 1 heterocycles. The van der Waals surface area contributed by atoms with Crippen LogP contribution in [0.2, 0.25) is 0 Å². The van der Waals surface area contributed by atoms with Crippen molar-refractivity contribution >= 4 is 11.3 Å². The Bertz CT molecular complexity index is 223. The quantitative estimate of drug-likeness (QED) is 0.571. The van der Waals surface area contributed by atoms with Gasteiger partial charge in [0.25, 0.3) is 0 Å². The zero-order valence-electron chi connectivity index (χ0n) is 8.48. The molecular formula is C11H18S. The average Bonchev–Trinajstić information content (AvgIpc) is 2.48. The highest BCUT2D eigenvalue weighted by atomic mass is 32.1. The van der Waals surface area contributed by atoms with Crippen LogP contribution in [0.15, 0.2) is 10.8 Å². The van der Waals surface area contributed by atoms with Gasteiger partial charge in [-0.3, -0.25) is 0 Å². The van der Waals surface area contributed by atoms with Crippen molar-refractivity contribution in [2.75, 3.05) is 0 Å². The third-order valence-corrected chi connectivity index (χ3v) is 3.01. The SMILES string of the molecule is CC.CC1(C)Cc2cscc2C1. The van der Waals surface area contributed by atoms with E-state index in [1.54, 1.807) is 11.1 Å². The molecule has 0 nitrogen and oxygen atoms in total. The molecule has 1 aromatic heterocycles. The molecule has 68 valence electrons. The number of thiophene rings is 1. The standard InChI is InChI=1S/C9H12S.C2H6/c1-9(2)3-7-5-10-6-8(7)4-9;1-2/h5-6H,3-4H2,1-2H3;1-2H3. The Morgan fingerprint density at radius 3 is 1.92 bits per heavy atom. The largest absolute Gasteiger partial charge is 0.152 e. The van der Waals surface area contributed by atoms with Crippen LogP contribution in [0.4, 0.5) is 0 Å². The molecule has 0 atom stereocenters. The zero-order valence-corrected chi connectivity index (χ0v) is 9.29. The minimum atomic E-state index is 0.540. The molecule has 0 saturated heterocycles. The van der Waals surface area contributed by atoms with Crippen molar-refractivity contribution in [3.63, 3.8) is 0 Å². The summed E-state index contributed by atoms with van der Waals surface area (Å²) < 4.78 is 0. The van der Waals surface area contributed by atoms with Crippen LogP contribution in [0, 0.1) is 5.41 Å². The van der Waals surface area contributed by atoms with Gasteiger partial charge in [-0.05, 0) is 40.1 Å². The van der Waals surface area contributed by atoms with E-state index in [2.05, 4.69) is 24.6 Å². The van der Waals surface area contributed by atoms with Crippen molar-refractivity contribution < 1.29 is 0 Å². The minimum absolute atomic E-state index is 0.540. The second-order valence-electron chi connectivity index (χ2n) is 3.94. The minimum Gasteiger partial charge on any atom is -0.152 e. The first-order chi connectivity index (χ1) is 5.67. The van der Waals surface area contributed by atoms with Gasteiger partial charge in [0.05, 0.1) is 0 Å². The van der Waals surface area contributed by atoms with Gasteiger partial charge in [-0.15, -0.1) is 0 Å². The molecule has 0 amide bonds. The fourth-order valence-electron chi connectivity index (χ4n) is 1.75. The van der Waals surface area contributed by atoms with Crippen LogP contribution >= 0.6 is 11.3 Å². The summed E-state index contributed by atoms with van der Waals surface area (Å²) in [6.45, 7) is 8.69. The van der Waals surface area contributed by atoms with Crippen LogP contribution in [-0.2, 0) is 12.8 Å². The molecule has 1 aliphatic carbocycles. The summed E-state index contributed by atoms with van der Waals surface area (Å²) in [5, 5.41) is 4.59. The van der Waals surface area contributed by atoms with Crippen LogP contribution < -0.4 is 0 Å². The Kier molecular flexibility index (Phi) is 2.94. The second-order valence-corrected chi connectivity index (χ2v) is 4.68. The molecule has 1 heteroatoms. The maximum Gasteiger partial charge on any atom is -0.00582 e. The van der Waals surface area contributed by atoms with E-state index in [1.165, 1.54) is 12.8 Å². The van der Waals surface area contributed by atoms with Crippen LogP contribution in [0.3, 0.4) is 0 Å². The van der Waals surface area contributed by atoms with Crippen molar-refractivity contribution in [2.24, 2.45) is 5.41 Å². The summed E-state index contributed by atoms with van der Waals surface area (Å²) in [6.07, 6.45) is 2.57. The monoisotopic (exact) mass is 182 g/mol. The number of hydrogen-bond acceptors (Lipinski definition) is 1. The van der Waals surface area contributed by atoms with Gasteiger partial charge in [0, 0.05) is 0 Å². The molecule has 12 heavy (non-hydrogen) atoms. The van der Waals surface area contributed by atoms with Crippen LogP contribution in [0.1, 0.15) is 38.8 Å². The van der Waals surface area contributed by atoms with Crippen molar-refractivity contribution in [3.05, 3.63) is 21.9 Å². The van der Waals surface area contributed by atoms with E-state index in [0.29, 0.717) is 5.41 Å². The van der Waals surface area contributed by atoms with Gasteiger partial charge in [0.2, 0.25) is 0 Å². The van der Waals surface area contributed by atoms with Gasteiger partial charge in [0.1, 0.15) is 0 Å². The van der Waals surface area contributed by atoms with Gasteiger partial charge < -0.3 is 0 Å². The van der Waals surface area contributed by atoms with Gasteiger partial charge in [-0.1, -0.05) is 27.7 Å².